The van der Waals surface area contributed by atoms with E-state index in [1.807, 2.05) is 25.7 Å². The third-order valence-corrected chi connectivity index (χ3v) is 5.79. The van der Waals surface area contributed by atoms with Crippen LogP contribution < -0.4 is 5.32 Å². The maximum absolute atomic E-state index is 13.0. The van der Waals surface area contributed by atoms with Gasteiger partial charge in [-0.1, -0.05) is 13.3 Å². The highest BCUT2D eigenvalue weighted by atomic mass is 16.2. The molecule has 2 amide bonds. The Morgan fingerprint density at radius 3 is 2.67 bits per heavy atom. The highest BCUT2D eigenvalue weighted by molar-refractivity contribution is 5.99. The van der Waals surface area contributed by atoms with E-state index in [9.17, 15) is 9.59 Å². The molecule has 4 unspecified atom stereocenters. The Balaban J connectivity index is 1.88. The molecule has 118 valence electrons. The Morgan fingerprint density at radius 2 is 1.95 bits per heavy atom. The van der Waals surface area contributed by atoms with Gasteiger partial charge in [0, 0.05) is 18.6 Å². The van der Waals surface area contributed by atoms with Crippen molar-refractivity contribution in [2.45, 2.75) is 76.5 Å². The molecule has 4 atom stereocenters. The molecule has 0 aliphatic carbocycles. The lowest BCUT2D eigenvalue weighted by atomic mass is 9.88. The van der Waals surface area contributed by atoms with Gasteiger partial charge < -0.3 is 10.2 Å². The quantitative estimate of drug-likeness (QED) is 0.830. The Hall–Kier alpha value is -1.10. The number of hydrogen-bond donors (Lipinski definition) is 1. The van der Waals surface area contributed by atoms with E-state index in [1.54, 1.807) is 0 Å². The van der Waals surface area contributed by atoms with Gasteiger partial charge in [0.25, 0.3) is 0 Å². The molecule has 3 saturated heterocycles. The molecule has 1 N–H and O–H groups in total. The van der Waals surface area contributed by atoms with Crippen LogP contribution in [0, 0.1) is 0 Å². The summed E-state index contributed by atoms with van der Waals surface area (Å²) in [7, 11) is 0. The number of nitrogens with one attached hydrogen (secondary N) is 1. The van der Waals surface area contributed by atoms with Gasteiger partial charge in [-0.2, -0.15) is 0 Å². The Bertz CT molecular complexity index is 453. The molecule has 3 rings (SSSR count). The standard InChI is InChI=1S/C16H27N3O2/c1-4-16(3)15(21)19(11(2)14(20)17-16)13-8-10-18-9-6-5-7-12(13)18/h11-13H,4-10H2,1-3H3,(H,17,20). The monoisotopic (exact) mass is 293 g/mol. The maximum Gasteiger partial charge on any atom is 0.249 e. The summed E-state index contributed by atoms with van der Waals surface area (Å²) in [5.74, 6) is 0.0998. The molecule has 0 aromatic carbocycles. The molecule has 3 aliphatic heterocycles. The van der Waals surface area contributed by atoms with Crippen LogP contribution in [0.4, 0.5) is 0 Å². The number of nitrogens with zero attached hydrogens (tertiary/aromatic N) is 2. The number of carbonyl (C=O) groups is 2. The van der Waals surface area contributed by atoms with Gasteiger partial charge in [-0.25, -0.2) is 0 Å². The lowest BCUT2D eigenvalue weighted by Gasteiger charge is -2.48. The minimum Gasteiger partial charge on any atom is -0.340 e. The fourth-order valence-electron chi connectivity index (χ4n) is 4.24. The van der Waals surface area contributed by atoms with Crippen LogP contribution in [-0.2, 0) is 9.59 Å². The normalized spacial score (nSPS) is 41.1. The third kappa shape index (κ3) is 2.26. The van der Waals surface area contributed by atoms with Gasteiger partial charge in [-0.15, -0.1) is 0 Å². The molecule has 3 heterocycles. The van der Waals surface area contributed by atoms with Gasteiger partial charge in [0.05, 0.1) is 0 Å². The summed E-state index contributed by atoms with van der Waals surface area (Å²) in [5.41, 5.74) is -0.730. The highest BCUT2D eigenvalue weighted by Crippen LogP contribution is 2.34. The summed E-state index contributed by atoms with van der Waals surface area (Å²) in [6.45, 7) is 7.91. The van der Waals surface area contributed by atoms with E-state index in [0.717, 1.165) is 25.9 Å². The molecule has 0 aromatic heterocycles. The zero-order chi connectivity index (χ0) is 15.2. The van der Waals surface area contributed by atoms with Crippen molar-refractivity contribution in [3.63, 3.8) is 0 Å². The van der Waals surface area contributed by atoms with Crippen LogP contribution in [0.25, 0.3) is 0 Å². The lowest BCUT2D eigenvalue weighted by Crippen LogP contribution is -2.71. The fourth-order valence-corrected chi connectivity index (χ4v) is 4.24. The first-order chi connectivity index (χ1) is 9.98. The predicted octanol–water partition coefficient (Wildman–Crippen LogP) is 1.13. The van der Waals surface area contributed by atoms with E-state index in [2.05, 4.69) is 10.2 Å². The number of hydrogen-bond acceptors (Lipinski definition) is 3. The van der Waals surface area contributed by atoms with Crippen molar-refractivity contribution in [2.75, 3.05) is 13.1 Å². The second kappa shape index (κ2) is 5.27. The molecular weight excluding hydrogens is 266 g/mol. The first-order valence-corrected chi connectivity index (χ1v) is 8.37. The smallest absolute Gasteiger partial charge is 0.249 e. The summed E-state index contributed by atoms with van der Waals surface area (Å²) in [5, 5.41) is 2.92. The first kappa shape index (κ1) is 14.8. The van der Waals surface area contributed by atoms with Crippen molar-refractivity contribution in [2.24, 2.45) is 0 Å². The molecule has 5 heteroatoms. The zero-order valence-corrected chi connectivity index (χ0v) is 13.4. The highest BCUT2D eigenvalue weighted by Gasteiger charge is 2.51. The Kier molecular flexibility index (Phi) is 3.72. The van der Waals surface area contributed by atoms with E-state index < -0.39 is 5.54 Å². The van der Waals surface area contributed by atoms with E-state index >= 15 is 0 Å². The van der Waals surface area contributed by atoms with Crippen molar-refractivity contribution in [3.05, 3.63) is 0 Å². The van der Waals surface area contributed by atoms with E-state index in [-0.39, 0.29) is 23.9 Å². The van der Waals surface area contributed by atoms with Gasteiger partial charge in [0.15, 0.2) is 0 Å². The van der Waals surface area contributed by atoms with Crippen LogP contribution in [0.3, 0.4) is 0 Å². The van der Waals surface area contributed by atoms with E-state index in [0.29, 0.717) is 12.5 Å². The van der Waals surface area contributed by atoms with Crippen LogP contribution >= 0.6 is 0 Å². The minimum atomic E-state index is -0.730. The Labute approximate surface area is 127 Å². The maximum atomic E-state index is 13.0. The van der Waals surface area contributed by atoms with E-state index in [4.69, 9.17) is 0 Å². The molecule has 0 saturated carbocycles. The van der Waals surface area contributed by atoms with Gasteiger partial charge >= 0.3 is 0 Å². The molecule has 0 radical (unpaired) electrons. The van der Waals surface area contributed by atoms with Crippen LogP contribution in [0.2, 0.25) is 0 Å². The average molecular weight is 293 g/mol. The molecule has 0 aromatic rings. The van der Waals surface area contributed by atoms with Crippen molar-refractivity contribution in [1.82, 2.24) is 15.1 Å². The first-order valence-electron chi connectivity index (χ1n) is 8.37. The number of rotatable bonds is 2. The van der Waals surface area contributed by atoms with Gasteiger partial charge in [0.2, 0.25) is 11.8 Å². The van der Waals surface area contributed by atoms with Gasteiger partial charge in [-0.05, 0) is 46.1 Å². The number of carbonyl (C=O) groups excluding carboxylic acids is 2. The van der Waals surface area contributed by atoms with Crippen LogP contribution in [0.1, 0.15) is 52.9 Å². The zero-order valence-electron chi connectivity index (χ0n) is 13.4. The van der Waals surface area contributed by atoms with Crippen molar-refractivity contribution in [1.29, 1.82) is 0 Å². The lowest BCUT2D eigenvalue weighted by molar-refractivity contribution is -0.157. The second-order valence-corrected chi connectivity index (χ2v) is 7.02. The number of fused-ring (bicyclic) bond motifs is 1. The number of piperazine rings is 1. The number of amides is 2. The number of piperidine rings is 1. The van der Waals surface area contributed by atoms with Crippen molar-refractivity contribution >= 4 is 11.8 Å². The molecule has 3 aliphatic rings. The predicted molar refractivity (Wildman–Crippen MR) is 80.8 cm³/mol. The van der Waals surface area contributed by atoms with Crippen LogP contribution in [0.15, 0.2) is 0 Å². The largest absolute Gasteiger partial charge is 0.340 e. The van der Waals surface area contributed by atoms with Gasteiger partial charge in [0.1, 0.15) is 11.6 Å². The third-order valence-electron chi connectivity index (χ3n) is 5.79. The fraction of sp³-hybridized carbons (Fsp3) is 0.875. The van der Waals surface area contributed by atoms with Gasteiger partial charge in [-0.3, -0.25) is 14.5 Å². The SMILES string of the molecule is CCC1(C)NC(=O)C(C)N(C2CCN3CCCCC23)C1=O. The molecule has 3 fully saturated rings. The van der Waals surface area contributed by atoms with Crippen LogP contribution in [0.5, 0.6) is 0 Å². The van der Waals surface area contributed by atoms with Crippen LogP contribution in [-0.4, -0.2) is 58.4 Å². The molecule has 0 bridgehead atoms. The summed E-state index contributed by atoms with van der Waals surface area (Å²) in [6.07, 6.45) is 5.31. The molecule has 21 heavy (non-hydrogen) atoms. The summed E-state index contributed by atoms with van der Waals surface area (Å²) in [6, 6.07) is 0.325. The minimum absolute atomic E-state index is 0.00629. The molecular formula is C16H27N3O2. The van der Waals surface area contributed by atoms with E-state index in [1.165, 1.54) is 12.8 Å². The van der Waals surface area contributed by atoms with Crippen molar-refractivity contribution in [3.8, 4) is 0 Å². The summed E-state index contributed by atoms with van der Waals surface area (Å²) >= 11 is 0. The summed E-state index contributed by atoms with van der Waals surface area (Å²) in [4.78, 5) is 29.7. The Morgan fingerprint density at radius 1 is 1.19 bits per heavy atom. The molecule has 0 spiro atoms. The average Bonchev–Trinajstić information content (AvgIpc) is 2.90. The van der Waals surface area contributed by atoms with Crippen molar-refractivity contribution < 1.29 is 9.59 Å². The second-order valence-electron chi connectivity index (χ2n) is 7.02. The molecule has 5 nitrogen and oxygen atoms in total. The topological polar surface area (TPSA) is 52.7 Å². The summed E-state index contributed by atoms with van der Waals surface area (Å²) < 4.78 is 0.